The van der Waals surface area contributed by atoms with Gasteiger partial charge in [0.2, 0.25) is 5.13 Å². The smallest absolute Gasteiger partial charge is 0.283 e. The second-order valence-corrected chi connectivity index (χ2v) is 7.31. The van der Waals surface area contributed by atoms with Crippen LogP contribution in [0.25, 0.3) is 0 Å². The lowest BCUT2D eigenvalue weighted by Gasteiger charge is -2.12. The van der Waals surface area contributed by atoms with Gasteiger partial charge in [0.15, 0.2) is 0 Å². The summed E-state index contributed by atoms with van der Waals surface area (Å²) in [6.07, 6.45) is -4.63. The van der Waals surface area contributed by atoms with Crippen molar-refractivity contribution < 1.29 is 22.3 Å². The van der Waals surface area contributed by atoms with Crippen LogP contribution < -0.4 is 10.2 Å². The van der Waals surface area contributed by atoms with Crippen molar-refractivity contribution in [2.75, 3.05) is 12.5 Å². The topological polar surface area (TPSA) is 64.3 Å². The molecule has 0 aliphatic carbocycles. The summed E-state index contributed by atoms with van der Waals surface area (Å²) in [6, 6.07) is 4.95. The van der Waals surface area contributed by atoms with E-state index >= 15 is 0 Å². The number of methoxy groups -OCH3 is 1. The Balaban J connectivity index is 1.88. The molecular formula is C18H16ClF4N5OS. The van der Waals surface area contributed by atoms with Gasteiger partial charge >= 0.3 is 0 Å². The fourth-order valence-corrected chi connectivity index (χ4v) is 3.61. The molecule has 0 fully saturated rings. The Hall–Kier alpha value is -2.66. The summed E-state index contributed by atoms with van der Waals surface area (Å²) in [7, 11) is 1.41. The summed E-state index contributed by atoms with van der Waals surface area (Å²) in [5.74, 6) is 0.376. The fraction of sp³-hybridized carbons (Fsp3) is 0.278. The van der Waals surface area contributed by atoms with E-state index in [1.807, 2.05) is 12.3 Å². The Morgan fingerprint density at radius 3 is 2.67 bits per heavy atom. The molecule has 12 heteroatoms. The summed E-state index contributed by atoms with van der Waals surface area (Å²) in [4.78, 5) is 4.21. The Bertz CT molecular complexity index is 1050. The van der Waals surface area contributed by atoms with E-state index in [-0.39, 0.29) is 6.54 Å². The molecule has 0 saturated heterocycles. The molecule has 2 aromatic heterocycles. The molecule has 0 aliphatic heterocycles. The lowest BCUT2D eigenvalue weighted by atomic mass is 10.1. The van der Waals surface area contributed by atoms with Gasteiger partial charge in [-0.1, -0.05) is 11.6 Å². The van der Waals surface area contributed by atoms with E-state index in [1.165, 1.54) is 24.7 Å². The zero-order chi connectivity index (χ0) is 21.8. The number of aromatic nitrogens is 3. The molecule has 1 N–H and O–H groups in total. The molecule has 0 saturated carbocycles. The van der Waals surface area contributed by atoms with Crippen LogP contribution in [0.3, 0.4) is 0 Å². The van der Waals surface area contributed by atoms with Gasteiger partial charge in [0.05, 0.1) is 30.6 Å². The van der Waals surface area contributed by atoms with E-state index in [1.54, 1.807) is 18.2 Å². The van der Waals surface area contributed by atoms with Gasteiger partial charge in [-0.2, -0.15) is 10.2 Å². The molecule has 0 radical (unpaired) electrons. The highest BCUT2D eigenvalue weighted by Gasteiger charge is 2.28. The molecule has 0 amide bonds. The zero-order valence-electron chi connectivity index (χ0n) is 15.7. The summed E-state index contributed by atoms with van der Waals surface area (Å²) in [5.41, 5.74) is 3.06. The molecule has 0 spiro atoms. The van der Waals surface area contributed by atoms with Gasteiger partial charge in [-0.25, -0.2) is 22.5 Å². The highest BCUT2D eigenvalue weighted by Crippen LogP contribution is 2.35. The number of benzene rings is 1. The number of hydrazone groups is 1. The maximum atomic E-state index is 13.4. The molecule has 6 nitrogen and oxygen atoms in total. The monoisotopic (exact) mass is 461 g/mol. The van der Waals surface area contributed by atoms with Gasteiger partial charge < -0.3 is 4.74 Å². The molecule has 0 unspecified atom stereocenters. The third kappa shape index (κ3) is 4.90. The minimum Gasteiger partial charge on any atom is -0.496 e. The Labute approximate surface area is 178 Å². The Kier molecular flexibility index (Phi) is 6.93. The molecule has 0 aliphatic rings. The largest absolute Gasteiger partial charge is 0.496 e. The van der Waals surface area contributed by atoms with E-state index in [0.717, 1.165) is 10.4 Å². The van der Waals surface area contributed by atoms with Gasteiger partial charge in [0, 0.05) is 10.9 Å². The number of anilines is 1. The highest BCUT2D eigenvalue weighted by atomic mass is 35.5. The Morgan fingerprint density at radius 1 is 1.30 bits per heavy atom. The van der Waals surface area contributed by atoms with Crippen LogP contribution in [0.5, 0.6) is 5.75 Å². The number of aryl methyl sites for hydroxylation is 1. The lowest BCUT2D eigenvalue weighted by Crippen LogP contribution is -2.09. The molecule has 1 aromatic carbocycles. The number of nitrogens with one attached hydrogen (secondary N) is 1. The van der Waals surface area contributed by atoms with Crippen LogP contribution in [0.1, 0.15) is 41.1 Å². The van der Waals surface area contributed by atoms with E-state index < -0.39 is 29.3 Å². The molecule has 3 rings (SSSR count). The third-order valence-corrected chi connectivity index (χ3v) is 5.24. The molecule has 30 heavy (non-hydrogen) atoms. The summed E-state index contributed by atoms with van der Waals surface area (Å²) < 4.78 is 58.9. The van der Waals surface area contributed by atoms with Gasteiger partial charge in [0.25, 0.3) is 12.9 Å². The number of hydrogen-bond donors (Lipinski definition) is 1. The molecular weight excluding hydrogens is 446 g/mol. The van der Waals surface area contributed by atoms with Crippen molar-refractivity contribution in [2.24, 2.45) is 5.10 Å². The summed E-state index contributed by atoms with van der Waals surface area (Å²) in [6.45, 7) is 1.62. The number of rotatable bonds is 8. The SMILES string of the molecule is COc1ccc(C=NNc2nc(C)cs2)cc1Cn1nc(C(F)F)c(Cl)c1C(F)F. The molecule has 0 bridgehead atoms. The van der Waals surface area contributed by atoms with E-state index in [9.17, 15) is 17.6 Å². The first-order chi connectivity index (χ1) is 14.3. The van der Waals surface area contributed by atoms with Crippen LogP contribution in [0.15, 0.2) is 28.7 Å². The first-order valence-corrected chi connectivity index (χ1v) is 9.76. The average Bonchev–Trinajstić information content (AvgIpc) is 3.25. The second-order valence-electron chi connectivity index (χ2n) is 6.08. The van der Waals surface area contributed by atoms with Crippen molar-refractivity contribution in [1.29, 1.82) is 0 Å². The average molecular weight is 462 g/mol. The molecule has 0 atom stereocenters. The predicted octanol–water partition coefficient (Wildman–Crippen LogP) is 5.68. The maximum absolute atomic E-state index is 13.4. The first-order valence-electron chi connectivity index (χ1n) is 8.50. The van der Waals surface area contributed by atoms with Gasteiger partial charge in [0.1, 0.15) is 17.1 Å². The highest BCUT2D eigenvalue weighted by molar-refractivity contribution is 7.13. The van der Waals surface area contributed by atoms with Gasteiger partial charge in [-0.05, 0) is 30.7 Å². The maximum Gasteiger partial charge on any atom is 0.283 e. The quantitative estimate of drug-likeness (QED) is 0.266. The van der Waals surface area contributed by atoms with Crippen LogP contribution in [0.4, 0.5) is 22.7 Å². The van der Waals surface area contributed by atoms with Gasteiger partial charge in [-0.3, -0.25) is 10.1 Å². The molecule has 3 aromatic rings. The minimum atomic E-state index is -3.07. The van der Waals surface area contributed by atoms with E-state index in [2.05, 4.69) is 20.6 Å². The number of halogens is 5. The van der Waals surface area contributed by atoms with Gasteiger partial charge in [-0.15, -0.1) is 11.3 Å². The first kappa shape index (κ1) is 22.0. The van der Waals surface area contributed by atoms with Crippen molar-refractivity contribution in [2.45, 2.75) is 26.3 Å². The second kappa shape index (κ2) is 9.43. The number of nitrogens with zero attached hydrogens (tertiary/aromatic N) is 4. The zero-order valence-corrected chi connectivity index (χ0v) is 17.3. The van der Waals surface area contributed by atoms with Crippen molar-refractivity contribution >= 4 is 34.3 Å². The van der Waals surface area contributed by atoms with Crippen LogP contribution in [0.2, 0.25) is 5.02 Å². The third-order valence-electron chi connectivity index (χ3n) is 3.99. The fourth-order valence-electron chi connectivity index (χ4n) is 2.67. The normalized spacial score (nSPS) is 11.8. The number of ether oxygens (including phenoxy) is 1. The van der Waals surface area contributed by atoms with Crippen molar-refractivity contribution in [3.8, 4) is 5.75 Å². The number of thiazole rings is 1. The standard InChI is InChI=1S/C18H16ClF4N5OS/c1-9-8-30-18(25-9)26-24-6-10-3-4-12(29-2)11(5-10)7-28-15(17(22)23)13(19)14(27-28)16(20)21/h3-6,8,16-17H,7H2,1-2H3,(H,25,26). The predicted molar refractivity (Wildman–Crippen MR) is 107 cm³/mol. The van der Waals surface area contributed by atoms with Crippen molar-refractivity contribution in [3.05, 3.63) is 56.8 Å². The lowest BCUT2D eigenvalue weighted by molar-refractivity contribution is 0.139. The van der Waals surface area contributed by atoms with Crippen LogP contribution >= 0.6 is 22.9 Å². The Morgan fingerprint density at radius 2 is 2.07 bits per heavy atom. The van der Waals surface area contributed by atoms with Crippen LogP contribution in [-0.4, -0.2) is 28.1 Å². The van der Waals surface area contributed by atoms with E-state index in [0.29, 0.717) is 22.0 Å². The van der Waals surface area contributed by atoms with Crippen LogP contribution in [-0.2, 0) is 6.54 Å². The molecule has 160 valence electrons. The number of alkyl halides is 4. The summed E-state index contributed by atoms with van der Waals surface area (Å²) >= 11 is 7.10. The number of hydrogen-bond acceptors (Lipinski definition) is 6. The van der Waals surface area contributed by atoms with E-state index in [4.69, 9.17) is 16.3 Å². The van der Waals surface area contributed by atoms with Crippen molar-refractivity contribution in [3.63, 3.8) is 0 Å². The summed E-state index contributed by atoms with van der Waals surface area (Å²) in [5, 5.41) is 9.41. The van der Waals surface area contributed by atoms with Crippen LogP contribution in [0, 0.1) is 6.92 Å². The molecule has 2 heterocycles. The minimum absolute atomic E-state index is 0.240. The van der Waals surface area contributed by atoms with Crippen molar-refractivity contribution in [1.82, 2.24) is 14.8 Å².